The van der Waals surface area contributed by atoms with Crippen molar-refractivity contribution in [2.24, 2.45) is 0 Å². The molecule has 6 heteroatoms. The number of thiophene rings is 1. The maximum absolute atomic E-state index is 12.3. The molecule has 20 heavy (non-hydrogen) atoms. The second kappa shape index (κ2) is 8.71. The molecule has 0 spiro atoms. The van der Waals surface area contributed by atoms with E-state index >= 15 is 0 Å². The van der Waals surface area contributed by atoms with Crippen LogP contribution in [0.3, 0.4) is 0 Å². The molecule has 0 aliphatic carbocycles. The predicted molar refractivity (Wildman–Crippen MR) is 79.8 cm³/mol. The maximum atomic E-state index is 12.3. The number of nitrogens with zero attached hydrogens (tertiary/aromatic N) is 1. The largest absolute Gasteiger partial charge is 0.394 e. The zero-order valence-corrected chi connectivity index (χ0v) is 12.8. The molecule has 1 atom stereocenters. The highest BCUT2D eigenvalue weighted by Crippen LogP contribution is 2.09. The summed E-state index contributed by atoms with van der Waals surface area (Å²) in [4.78, 5) is 26.5. The first-order chi connectivity index (χ1) is 9.63. The van der Waals surface area contributed by atoms with Gasteiger partial charge in [0.2, 0.25) is 5.91 Å². The van der Waals surface area contributed by atoms with Gasteiger partial charge in [0, 0.05) is 13.1 Å². The standard InChI is InChI=1S/C14H22N2O3S/c1-3-7-16(8-4-2)14(19)11(10-17)15-13(18)12-6-5-9-20-12/h5-6,9,11,17H,3-4,7-8,10H2,1-2H3,(H,15,18)/t11-/m0/s1. The first-order valence-corrected chi connectivity index (χ1v) is 7.76. The molecular formula is C14H22N2O3S. The van der Waals surface area contributed by atoms with E-state index in [9.17, 15) is 14.7 Å². The Morgan fingerprint density at radius 1 is 1.35 bits per heavy atom. The summed E-state index contributed by atoms with van der Waals surface area (Å²) < 4.78 is 0. The average molecular weight is 298 g/mol. The fraction of sp³-hybridized carbons (Fsp3) is 0.571. The highest BCUT2D eigenvalue weighted by molar-refractivity contribution is 7.12. The predicted octanol–water partition coefficient (Wildman–Crippen LogP) is 1.49. The molecule has 112 valence electrons. The molecule has 2 amide bonds. The van der Waals surface area contributed by atoms with E-state index in [0.717, 1.165) is 12.8 Å². The van der Waals surface area contributed by atoms with Crippen molar-refractivity contribution in [3.05, 3.63) is 22.4 Å². The minimum absolute atomic E-state index is 0.221. The van der Waals surface area contributed by atoms with E-state index in [1.807, 2.05) is 13.8 Å². The van der Waals surface area contributed by atoms with Crippen molar-refractivity contribution in [1.29, 1.82) is 0 Å². The summed E-state index contributed by atoms with van der Waals surface area (Å²) in [6, 6.07) is 2.59. The van der Waals surface area contributed by atoms with Gasteiger partial charge in [0.25, 0.3) is 5.91 Å². The number of hydrogen-bond acceptors (Lipinski definition) is 4. The van der Waals surface area contributed by atoms with Crippen LogP contribution in [-0.2, 0) is 4.79 Å². The van der Waals surface area contributed by atoms with Crippen molar-refractivity contribution in [2.75, 3.05) is 19.7 Å². The second-order valence-electron chi connectivity index (χ2n) is 4.51. The zero-order valence-electron chi connectivity index (χ0n) is 12.0. The number of aliphatic hydroxyl groups excluding tert-OH is 1. The van der Waals surface area contributed by atoms with Crippen LogP contribution in [0.4, 0.5) is 0 Å². The highest BCUT2D eigenvalue weighted by atomic mass is 32.1. The number of rotatable bonds is 8. The Kier molecular flexibility index (Phi) is 7.25. The van der Waals surface area contributed by atoms with Crippen LogP contribution in [0.15, 0.2) is 17.5 Å². The summed E-state index contributed by atoms with van der Waals surface area (Å²) in [6.07, 6.45) is 1.70. The Balaban J connectivity index is 2.68. The van der Waals surface area contributed by atoms with Crippen molar-refractivity contribution in [2.45, 2.75) is 32.7 Å². The lowest BCUT2D eigenvalue weighted by molar-refractivity contribution is -0.134. The van der Waals surface area contributed by atoms with Crippen molar-refractivity contribution in [3.8, 4) is 0 Å². The molecule has 0 radical (unpaired) electrons. The molecule has 2 N–H and O–H groups in total. The van der Waals surface area contributed by atoms with Crippen molar-refractivity contribution < 1.29 is 14.7 Å². The number of amides is 2. The Morgan fingerprint density at radius 3 is 2.45 bits per heavy atom. The number of hydrogen-bond donors (Lipinski definition) is 2. The van der Waals surface area contributed by atoms with Gasteiger partial charge in [-0.3, -0.25) is 9.59 Å². The summed E-state index contributed by atoms with van der Waals surface area (Å²) in [5.74, 6) is -0.540. The molecular weight excluding hydrogens is 276 g/mol. The fourth-order valence-corrected chi connectivity index (χ4v) is 2.54. The van der Waals surface area contributed by atoms with Crippen LogP contribution in [-0.4, -0.2) is 47.6 Å². The number of carbonyl (C=O) groups excluding carboxylic acids is 2. The average Bonchev–Trinajstić information content (AvgIpc) is 2.97. The monoisotopic (exact) mass is 298 g/mol. The van der Waals surface area contributed by atoms with Crippen LogP contribution in [0.25, 0.3) is 0 Å². The van der Waals surface area contributed by atoms with E-state index in [0.29, 0.717) is 18.0 Å². The molecule has 0 saturated heterocycles. The molecule has 1 heterocycles. The fourth-order valence-electron chi connectivity index (χ4n) is 1.92. The summed E-state index contributed by atoms with van der Waals surface area (Å²) in [7, 11) is 0. The molecule has 1 aromatic heterocycles. The molecule has 1 rings (SSSR count). The molecule has 0 aliphatic rings. The van der Waals surface area contributed by atoms with Crippen molar-refractivity contribution in [3.63, 3.8) is 0 Å². The van der Waals surface area contributed by atoms with Crippen LogP contribution >= 0.6 is 11.3 Å². The van der Waals surface area contributed by atoms with Gasteiger partial charge in [-0.05, 0) is 24.3 Å². The lowest BCUT2D eigenvalue weighted by atomic mass is 10.2. The van der Waals surface area contributed by atoms with Crippen LogP contribution in [0.1, 0.15) is 36.4 Å². The summed E-state index contributed by atoms with van der Waals surface area (Å²) in [5.41, 5.74) is 0. The molecule has 0 aromatic carbocycles. The lowest BCUT2D eigenvalue weighted by Crippen LogP contribution is -2.50. The van der Waals surface area contributed by atoms with Gasteiger partial charge in [0.1, 0.15) is 6.04 Å². The van der Waals surface area contributed by atoms with Gasteiger partial charge in [-0.2, -0.15) is 0 Å². The Morgan fingerprint density at radius 2 is 2.00 bits per heavy atom. The molecule has 1 aromatic rings. The normalized spacial score (nSPS) is 11.9. The summed E-state index contributed by atoms with van der Waals surface area (Å²) in [5, 5.41) is 13.8. The SMILES string of the molecule is CCCN(CCC)C(=O)[C@H](CO)NC(=O)c1cccs1. The first-order valence-electron chi connectivity index (χ1n) is 6.88. The van der Waals surface area contributed by atoms with E-state index < -0.39 is 6.04 Å². The van der Waals surface area contributed by atoms with Crippen LogP contribution in [0, 0.1) is 0 Å². The van der Waals surface area contributed by atoms with E-state index in [-0.39, 0.29) is 18.4 Å². The van der Waals surface area contributed by atoms with Crippen molar-refractivity contribution in [1.82, 2.24) is 10.2 Å². The Hall–Kier alpha value is -1.40. The molecule has 0 aliphatic heterocycles. The van der Waals surface area contributed by atoms with Gasteiger partial charge in [0.05, 0.1) is 11.5 Å². The molecule has 5 nitrogen and oxygen atoms in total. The minimum Gasteiger partial charge on any atom is -0.394 e. The van der Waals surface area contributed by atoms with Crippen LogP contribution in [0.2, 0.25) is 0 Å². The number of aliphatic hydroxyl groups is 1. The zero-order chi connectivity index (χ0) is 15.0. The molecule has 0 unspecified atom stereocenters. The van der Waals surface area contributed by atoms with Gasteiger partial charge in [-0.1, -0.05) is 19.9 Å². The number of carbonyl (C=O) groups is 2. The first kappa shape index (κ1) is 16.7. The van der Waals surface area contributed by atoms with Gasteiger partial charge >= 0.3 is 0 Å². The smallest absolute Gasteiger partial charge is 0.262 e. The molecule has 0 bridgehead atoms. The third-order valence-electron chi connectivity index (χ3n) is 2.83. The third kappa shape index (κ3) is 4.61. The summed E-state index contributed by atoms with van der Waals surface area (Å²) >= 11 is 1.31. The van der Waals surface area contributed by atoms with Gasteiger partial charge < -0.3 is 15.3 Å². The van der Waals surface area contributed by atoms with E-state index in [4.69, 9.17) is 0 Å². The lowest BCUT2D eigenvalue weighted by Gasteiger charge is -2.26. The van der Waals surface area contributed by atoms with Crippen LogP contribution < -0.4 is 5.32 Å². The summed E-state index contributed by atoms with van der Waals surface area (Å²) in [6.45, 7) is 4.87. The van der Waals surface area contributed by atoms with E-state index in [2.05, 4.69) is 5.32 Å². The molecule has 0 saturated carbocycles. The quantitative estimate of drug-likeness (QED) is 0.764. The van der Waals surface area contributed by atoms with Gasteiger partial charge in [-0.15, -0.1) is 11.3 Å². The third-order valence-corrected chi connectivity index (χ3v) is 3.70. The van der Waals surface area contributed by atoms with Gasteiger partial charge in [-0.25, -0.2) is 0 Å². The Labute approximate surface area is 123 Å². The van der Waals surface area contributed by atoms with Gasteiger partial charge in [0.15, 0.2) is 0 Å². The second-order valence-corrected chi connectivity index (χ2v) is 5.46. The highest BCUT2D eigenvalue weighted by Gasteiger charge is 2.25. The van der Waals surface area contributed by atoms with Crippen LogP contribution in [0.5, 0.6) is 0 Å². The molecule has 0 fully saturated rings. The number of nitrogens with one attached hydrogen (secondary N) is 1. The Bertz CT molecular complexity index is 414. The minimum atomic E-state index is -0.873. The van der Waals surface area contributed by atoms with Crippen molar-refractivity contribution >= 4 is 23.2 Å². The van der Waals surface area contributed by atoms with E-state index in [1.165, 1.54) is 11.3 Å². The van der Waals surface area contributed by atoms with E-state index in [1.54, 1.807) is 22.4 Å². The maximum Gasteiger partial charge on any atom is 0.262 e. The topological polar surface area (TPSA) is 69.6 Å².